The second kappa shape index (κ2) is 7.42. The van der Waals surface area contributed by atoms with Crippen molar-refractivity contribution in [1.82, 2.24) is 0 Å². The first-order chi connectivity index (χ1) is 6.63. The van der Waals surface area contributed by atoms with E-state index in [9.17, 15) is 14.4 Å². The third kappa shape index (κ3) is 4.90. The van der Waals surface area contributed by atoms with Crippen LogP contribution in [0.1, 0.15) is 52.4 Å². The van der Waals surface area contributed by atoms with Crippen LogP contribution in [0.15, 0.2) is 0 Å². The molecule has 0 radical (unpaired) electrons. The fourth-order valence-electron chi connectivity index (χ4n) is 1.06. The maximum absolute atomic E-state index is 11.2. The Balaban J connectivity index is 3.92. The van der Waals surface area contributed by atoms with E-state index in [0.717, 1.165) is 12.8 Å². The number of hydrogen-bond donors (Lipinski definition) is 0. The first kappa shape index (κ1) is 13.0. The second-order valence-corrected chi connectivity index (χ2v) is 3.38. The molecule has 0 N–H and O–H groups in total. The number of hydrogen-bond acceptors (Lipinski definition) is 3. The first-order valence-electron chi connectivity index (χ1n) is 5.23. The van der Waals surface area contributed by atoms with E-state index in [1.54, 1.807) is 0 Å². The van der Waals surface area contributed by atoms with Crippen LogP contribution in [0.25, 0.3) is 0 Å². The summed E-state index contributed by atoms with van der Waals surface area (Å²) in [5, 5.41) is 0. The Morgan fingerprint density at radius 1 is 0.786 bits per heavy atom. The molecule has 0 aromatic carbocycles. The highest BCUT2D eigenvalue weighted by molar-refractivity contribution is 6.63. The third-order valence-corrected chi connectivity index (χ3v) is 2.02. The van der Waals surface area contributed by atoms with Crippen molar-refractivity contribution in [1.29, 1.82) is 0 Å². The van der Waals surface area contributed by atoms with E-state index in [-0.39, 0.29) is 12.8 Å². The lowest BCUT2D eigenvalue weighted by Crippen LogP contribution is -2.23. The van der Waals surface area contributed by atoms with Crippen LogP contribution in [0.2, 0.25) is 0 Å². The minimum atomic E-state index is -0.799. The van der Waals surface area contributed by atoms with Crippen LogP contribution in [0.4, 0.5) is 0 Å². The molecule has 0 atom stereocenters. The summed E-state index contributed by atoms with van der Waals surface area (Å²) in [6, 6.07) is 0. The summed E-state index contributed by atoms with van der Waals surface area (Å²) in [6.07, 6.45) is 3.53. The van der Waals surface area contributed by atoms with Gasteiger partial charge in [0.2, 0.25) is 11.6 Å². The van der Waals surface area contributed by atoms with Crippen LogP contribution < -0.4 is 0 Å². The summed E-state index contributed by atoms with van der Waals surface area (Å²) in [6.45, 7) is 3.88. The molecule has 0 unspecified atom stereocenters. The van der Waals surface area contributed by atoms with Gasteiger partial charge in [0.15, 0.2) is 0 Å². The van der Waals surface area contributed by atoms with Crippen LogP contribution in [-0.2, 0) is 14.4 Å². The number of carbonyl (C=O) groups excluding carboxylic acids is 3. The molecule has 0 saturated carbocycles. The Morgan fingerprint density at radius 2 is 1.14 bits per heavy atom. The molecule has 0 aliphatic heterocycles. The Kier molecular flexibility index (Phi) is 6.89. The van der Waals surface area contributed by atoms with E-state index in [4.69, 9.17) is 0 Å². The van der Waals surface area contributed by atoms with Gasteiger partial charge in [-0.1, -0.05) is 26.7 Å². The summed E-state index contributed by atoms with van der Waals surface area (Å²) >= 11 is 0. The highest BCUT2D eigenvalue weighted by atomic mass is 16.2. The molecule has 0 aromatic heterocycles. The summed E-state index contributed by atoms with van der Waals surface area (Å²) < 4.78 is 0. The van der Waals surface area contributed by atoms with Gasteiger partial charge in [-0.15, -0.1) is 0 Å². The lowest BCUT2D eigenvalue weighted by atomic mass is 10.0. The molecule has 3 heteroatoms. The average molecular weight is 198 g/mol. The highest BCUT2D eigenvalue weighted by Gasteiger charge is 2.20. The lowest BCUT2D eigenvalue weighted by Gasteiger charge is -1.97. The van der Waals surface area contributed by atoms with Crippen molar-refractivity contribution in [2.24, 2.45) is 0 Å². The van der Waals surface area contributed by atoms with E-state index in [1.807, 2.05) is 13.8 Å². The van der Waals surface area contributed by atoms with E-state index >= 15 is 0 Å². The minimum absolute atomic E-state index is 0.215. The lowest BCUT2D eigenvalue weighted by molar-refractivity contribution is -0.144. The third-order valence-electron chi connectivity index (χ3n) is 2.02. The first-order valence-corrected chi connectivity index (χ1v) is 5.23. The van der Waals surface area contributed by atoms with Crippen LogP contribution in [-0.4, -0.2) is 17.3 Å². The molecule has 0 heterocycles. The molecule has 3 nitrogen and oxygen atoms in total. The molecule has 0 fully saturated rings. The van der Waals surface area contributed by atoms with Gasteiger partial charge in [-0.3, -0.25) is 14.4 Å². The molecule has 0 bridgehead atoms. The Bertz CT molecular complexity index is 197. The zero-order valence-electron chi connectivity index (χ0n) is 8.97. The number of ketones is 3. The topological polar surface area (TPSA) is 51.2 Å². The van der Waals surface area contributed by atoms with E-state index < -0.39 is 17.3 Å². The summed E-state index contributed by atoms with van der Waals surface area (Å²) in [7, 11) is 0. The zero-order chi connectivity index (χ0) is 11.0. The Labute approximate surface area is 84.9 Å². The fourth-order valence-corrected chi connectivity index (χ4v) is 1.06. The number of carbonyl (C=O) groups is 3. The molecule has 0 saturated heterocycles. The van der Waals surface area contributed by atoms with Crippen LogP contribution in [0, 0.1) is 0 Å². The normalized spacial score (nSPS) is 9.86. The molecule has 0 aliphatic rings. The van der Waals surface area contributed by atoms with Gasteiger partial charge in [0, 0.05) is 12.8 Å². The van der Waals surface area contributed by atoms with Crippen molar-refractivity contribution in [3.63, 3.8) is 0 Å². The van der Waals surface area contributed by atoms with Gasteiger partial charge in [-0.25, -0.2) is 0 Å². The minimum Gasteiger partial charge on any atom is -0.290 e. The summed E-state index contributed by atoms with van der Waals surface area (Å²) in [4.78, 5) is 33.4. The van der Waals surface area contributed by atoms with Crippen LogP contribution in [0.5, 0.6) is 0 Å². The van der Waals surface area contributed by atoms with Crippen molar-refractivity contribution in [3.8, 4) is 0 Å². The molecule has 0 rings (SSSR count). The zero-order valence-corrected chi connectivity index (χ0v) is 8.97. The van der Waals surface area contributed by atoms with E-state index in [1.165, 1.54) is 0 Å². The molecule has 0 spiro atoms. The largest absolute Gasteiger partial charge is 0.290 e. The quantitative estimate of drug-likeness (QED) is 0.443. The van der Waals surface area contributed by atoms with Crippen molar-refractivity contribution < 1.29 is 14.4 Å². The molecule has 80 valence electrons. The molecular formula is C11H18O3. The second-order valence-electron chi connectivity index (χ2n) is 3.38. The fraction of sp³-hybridized carbons (Fsp3) is 0.727. The molecule has 0 aromatic rings. The van der Waals surface area contributed by atoms with Crippen molar-refractivity contribution in [2.75, 3.05) is 0 Å². The smallest absolute Gasteiger partial charge is 0.264 e. The Morgan fingerprint density at radius 3 is 1.43 bits per heavy atom. The van der Waals surface area contributed by atoms with Gasteiger partial charge in [0.05, 0.1) is 0 Å². The standard InChI is InChI=1S/C11H18O3/c1-3-5-7-9(12)11(14)10(13)8-6-4-2/h3-8H2,1-2H3. The number of Topliss-reactive ketones (excluding diaryl/α,β-unsaturated/α-hetero) is 3. The molecule has 0 amide bonds. The maximum Gasteiger partial charge on any atom is 0.264 e. The molecule has 0 aliphatic carbocycles. The van der Waals surface area contributed by atoms with Gasteiger partial charge in [0.1, 0.15) is 0 Å². The predicted octanol–water partition coefficient (Wildman–Crippen LogP) is 2.07. The number of unbranched alkanes of at least 4 members (excludes halogenated alkanes) is 2. The monoisotopic (exact) mass is 198 g/mol. The Hall–Kier alpha value is -0.990. The van der Waals surface area contributed by atoms with Crippen LogP contribution in [0.3, 0.4) is 0 Å². The van der Waals surface area contributed by atoms with Gasteiger partial charge < -0.3 is 0 Å². The van der Waals surface area contributed by atoms with Gasteiger partial charge in [-0.05, 0) is 12.8 Å². The van der Waals surface area contributed by atoms with E-state index in [2.05, 4.69) is 0 Å². The maximum atomic E-state index is 11.2. The molecular weight excluding hydrogens is 180 g/mol. The van der Waals surface area contributed by atoms with Crippen molar-refractivity contribution in [3.05, 3.63) is 0 Å². The van der Waals surface area contributed by atoms with Gasteiger partial charge in [0.25, 0.3) is 5.78 Å². The van der Waals surface area contributed by atoms with Gasteiger partial charge >= 0.3 is 0 Å². The van der Waals surface area contributed by atoms with Crippen LogP contribution >= 0.6 is 0 Å². The molecule has 14 heavy (non-hydrogen) atoms. The predicted molar refractivity (Wildman–Crippen MR) is 54.1 cm³/mol. The van der Waals surface area contributed by atoms with E-state index in [0.29, 0.717) is 12.8 Å². The van der Waals surface area contributed by atoms with Crippen molar-refractivity contribution in [2.45, 2.75) is 52.4 Å². The summed E-state index contributed by atoms with van der Waals surface area (Å²) in [5.74, 6) is -1.84. The number of rotatable bonds is 8. The SMILES string of the molecule is CCCCC(=O)C(=O)C(=O)CCCC. The van der Waals surface area contributed by atoms with Gasteiger partial charge in [-0.2, -0.15) is 0 Å². The van der Waals surface area contributed by atoms with Crippen molar-refractivity contribution >= 4 is 17.3 Å². The highest BCUT2D eigenvalue weighted by Crippen LogP contribution is 2.01. The summed E-state index contributed by atoms with van der Waals surface area (Å²) in [5.41, 5.74) is 0. The average Bonchev–Trinajstić information content (AvgIpc) is 2.21.